The van der Waals surface area contributed by atoms with Gasteiger partial charge < -0.3 is 0 Å². The molecule has 0 amide bonds. The Labute approximate surface area is 65.7 Å². The Morgan fingerprint density at radius 1 is 1.29 bits per heavy atom. The summed E-state index contributed by atoms with van der Waals surface area (Å²) in [4.78, 5) is 0. The summed E-state index contributed by atoms with van der Waals surface area (Å²) >= 11 is 3.08. The molecule has 0 aliphatic rings. The van der Waals surface area contributed by atoms with Crippen LogP contribution in [-0.2, 0) is 0 Å². The van der Waals surface area contributed by atoms with Crippen LogP contribution in [0.15, 0.2) is 0 Å². The minimum atomic E-state index is -1.92. The third-order valence-corrected chi connectivity index (χ3v) is 0. The first-order chi connectivity index (χ1) is 3.15. The number of rotatable bonds is 0. The summed E-state index contributed by atoms with van der Waals surface area (Å²) in [7, 11) is 14.9. The molecular weight excluding hydrogens is 238 g/mol. The first-order valence-electron chi connectivity index (χ1n) is 1.54. The summed E-state index contributed by atoms with van der Waals surface area (Å²) in [5, 5.41) is 0. The van der Waals surface area contributed by atoms with E-state index in [9.17, 15) is 0 Å². The molecule has 0 aromatic heterocycles. The van der Waals surface area contributed by atoms with Gasteiger partial charge in [0.25, 0.3) is 0 Å². The van der Waals surface area contributed by atoms with Crippen molar-refractivity contribution in [2.24, 2.45) is 0 Å². The Kier molecular flexibility index (Phi) is 17.5. The summed E-state index contributed by atoms with van der Waals surface area (Å²) in [6.45, 7) is 1.89. The van der Waals surface area contributed by atoms with Crippen molar-refractivity contribution in [3.05, 3.63) is 0 Å². The average Bonchev–Trinajstić information content (AvgIpc) is 1.33. The molecule has 0 rings (SSSR count). The van der Waals surface area contributed by atoms with E-state index in [0.717, 1.165) is 5.88 Å². The molecular formula is C2H5Cl4Ge. The second kappa shape index (κ2) is 10.6. The normalized spacial score (nSPS) is 7.71. The minimum absolute atomic E-state index is 0.722. The number of hydrogen-bond acceptors (Lipinski definition) is 0. The zero-order valence-corrected chi connectivity index (χ0v) is 8.84. The Morgan fingerprint density at radius 2 is 1.29 bits per heavy atom. The molecule has 0 atom stereocenters. The van der Waals surface area contributed by atoms with Crippen LogP contribution in [0.4, 0.5) is 0 Å². The Bertz CT molecular complexity index is 20.9. The summed E-state index contributed by atoms with van der Waals surface area (Å²) in [6, 6.07) is 0. The molecule has 0 bridgehead atoms. The van der Waals surface area contributed by atoms with Crippen molar-refractivity contribution in [1.82, 2.24) is 0 Å². The first kappa shape index (κ1) is 11.5. The standard InChI is InChI=1S/C2H5Cl.Cl3Ge/c1-2-3;1-4(2)3/h2H2,1H3;. The average molecular weight is 243 g/mol. The second-order valence-electron chi connectivity index (χ2n) is 0.482. The van der Waals surface area contributed by atoms with E-state index < -0.39 is 11.6 Å². The van der Waals surface area contributed by atoms with Crippen molar-refractivity contribution in [3.8, 4) is 0 Å². The molecule has 0 N–H and O–H groups in total. The van der Waals surface area contributed by atoms with E-state index in [0.29, 0.717) is 0 Å². The van der Waals surface area contributed by atoms with Crippen LogP contribution in [0.5, 0.6) is 0 Å². The van der Waals surface area contributed by atoms with E-state index in [1.807, 2.05) is 6.92 Å². The van der Waals surface area contributed by atoms with Crippen molar-refractivity contribution in [3.63, 3.8) is 0 Å². The van der Waals surface area contributed by atoms with Gasteiger partial charge >= 0.3 is 41.6 Å². The van der Waals surface area contributed by atoms with Crippen LogP contribution in [0.25, 0.3) is 0 Å². The molecule has 0 heterocycles. The van der Waals surface area contributed by atoms with Gasteiger partial charge in [0.1, 0.15) is 0 Å². The molecule has 0 fully saturated rings. The van der Waals surface area contributed by atoms with Gasteiger partial charge in [-0.1, -0.05) is 6.92 Å². The molecule has 7 heavy (non-hydrogen) atoms. The fourth-order valence-corrected chi connectivity index (χ4v) is 0. The van der Waals surface area contributed by atoms with Gasteiger partial charge in [-0.15, -0.1) is 11.6 Å². The molecule has 5 heteroatoms. The van der Waals surface area contributed by atoms with Crippen LogP contribution in [-0.4, -0.2) is 17.4 Å². The quantitative estimate of drug-likeness (QED) is 0.453. The van der Waals surface area contributed by atoms with E-state index in [1.54, 1.807) is 0 Å². The van der Waals surface area contributed by atoms with Gasteiger partial charge in [-0.3, -0.25) is 0 Å². The third kappa shape index (κ3) is 86.4. The monoisotopic (exact) mass is 243 g/mol. The van der Waals surface area contributed by atoms with Crippen molar-refractivity contribution < 1.29 is 0 Å². The van der Waals surface area contributed by atoms with Crippen LogP contribution in [0, 0.1) is 0 Å². The molecule has 0 aliphatic heterocycles. The van der Waals surface area contributed by atoms with Crippen LogP contribution >= 0.6 is 41.6 Å². The van der Waals surface area contributed by atoms with Crippen molar-refractivity contribution in [1.29, 1.82) is 0 Å². The van der Waals surface area contributed by atoms with Gasteiger partial charge in [0, 0.05) is 5.88 Å². The van der Waals surface area contributed by atoms with Gasteiger partial charge in [-0.05, 0) is 0 Å². The molecule has 0 saturated heterocycles. The summed E-state index contributed by atoms with van der Waals surface area (Å²) in [6.07, 6.45) is 0. The Morgan fingerprint density at radius 3 is 1.29 bits per heavy atom. The molecule has 0 unspecified atom stereocenters. The fraction of sp³-hybridized carbons (Fsp3) is 1.00. The predicted octanol–water partition coefficient (Wildman–Crippen LogP) is 2.93. The molecule has 0 nitrogen and oxygen atoms in total. The summed E-state index contributed by atoms with van der Waals surface area (Å²) < 4.78 is 0. The molecule has 0 aromatic carbocycles. The number of halogens is 4. The van der Waals surface area contributed by atoms with Crippen molar-refractivity contribution in [2.75, 3.05) is 5.88 Å². The molecule has 0 aliphatic carbocycles. The number of alkyl halides is 1. The van der Waals surface area contributed by atoms with Crippen LogP contribution in [0.1, 0.15) is 6.92 Å². The second-order valence-corrected chi connectivity index (χ2v) is 10.8. The van der Waals surface area contributed by atoms with Crippen LogP contribution in [0.3, 0.4) is 0 Å². The van der Waals surface area contributed by atoms with Crippen molar-refractivity contribution >= 4 is 53.2 Å². The van der Waals surface area contributed by atoms with Gasteiger partial charge in [0.2, 0.25) is 0 Å². The van der Waals surface area contributed by atoms with Crippen LogP contribution < -0.4 is 0 Å². The zero-order chi connectivity index (χ0) is 6.28. The Hall–Kier alpha value is 1.70. The number of hydrogen-bond donors (Lipinski definition) is 0. The Balaban J connectivity index is 0. The molecule has 0 spiro atoms. The molecule has 45 valence electrons. The first-order valence-corrected chi connectivity index (χ1v) is 10.3. The van der Waals surface area contributed by atoms with Gasteiger partial charge in [0.05, 0.1) is 0 Å². The van der Waals surface area contributed by atoms with E-state index in [-0.39, 0.29) is 0 Å². The molecule has 1 radical (unpaired) electrons. The summed E-state index contributed by atoms with van der Waals surface area (Å²) in [5.41, 5.74) is 0. The fourth-order valence-electron chi connectivity index (χ4n) is 0. The van der Waals surface area contributed by atoms with Gasteiger partial charge in [0.15, 0.2) is 0 Å². The SMILES string of the molecule is CCCl.[Cl][Ge]([Cl])[Cl]. The third-order valence-electron chi connectivity index (χ3n) is 0. The van der Waals surface area contributed by atoms with E-state index in [4.69, 9.17) is 41.6 Å². The maximum absolute atomic E-state index is 5.00. The van der Waals surface area contributed by atoms with E-state index >= 15 is 0 Å². The predicted molar refractivity (Wildman–Crippen MR) is 39.7 cm³/mol. The van der Waals surface area contributed by atoms with E-state index in [2.05, 4.69) is 0 Å². The maximum atomic E-state index is 5.00. The van der Waals surface area contributed by atoms with Gasteiger partial charge in [-0.2, -0.15) is 0 Å². The van der Waals surface area contributed by atoms with E-state index in [1.165, 1.54) is 0 Å². The van der Waals surface area contributed by atoms with Crippen LogP contribution in [0.2, 0.25) is 0 Å². The zero-order valence-electron chi connectivity index (χ0n) is 3.72. The topological polar surface area (TPSA) is 0 Å². The molecule has 0 saturated carbocycles. The van der Waals surface area contributed by atoms with Gasteiger partial charge in [-0.25, -0.2) is 0 Å². The summed E-state index contributed by atoms with van der Waals surface area (Å²) in [5.74, 6) is 0.722. The molecule has 0 aromatic rings. The van der Waals surface area contributed by atoms with Crippen molar-refractivity contribution in [2.45, 2.75) is 6.92 Å².